The Kier molecular flexibility index (Phi) is 5.02. The third-order valence-electron chi connectivity index (χ3n) is 2.31. The predicted octanol–water partition coefficient (Wildman–Crippen LogP) is 2.36. The average molecular weight is 220 g/mol. The Labute approximate surface area is 96.9 Å². The van der Waals surface area contributed by atoms with E-state index in [9.17, 15) is 5.11 Å². The highest BCUT2D eigenvalue weighted by molar-refractivity contribution is 5.18. The van der Waals surface area contributed by atoms with Gasteiger partial charge in [0.1, 0.15) is 6.23 Å². The third-order valence-corrected chi connectivity index (χ3v) is 2.31. The number of rotatable bonds is 3. The maximum Gasteiger partial charge on any atom is 0.131 e. The van der Waals surface area contributed by atoms with Crippen LogP contribution in [-0.2, 0) is 0 Å². The molecule has 0 fully saturated rings. The van der Waals surface area contributed by atoms with Crippen LogP contribution in [0.4, 0.5) is 0 Å². The van der Waals surface area contributed by atoms with E-state index in [1.54, 1.807) is 0 Å². The first-order chi connectivity index (χ1) is 7.63. The molecule has 1 rings (SSSR count). The van der Waals surface area contributed by atoms with Gasteiger partial charge in [0, 0.05) is 11.9 Å². The molecule has 0 amide bonds. The second-order valence-electron chi connectivity index (χ2n) is 3.84. The van der Waals surface area contributed by atoms with Gasteiger partial charge in [-0.2, -0.15) is 0 Å². The predicted molar refractivity (Wildman–Crippen MR) is 66.5 cm³/mol. The molecule has 0 aliphatic carbocycles. The molecule has 0 aromatic carbocycles. The Bertz CT molecular complexity index is 354. The molecule has 1 atom stereocenters. The summed E-state index contributed by atoms with van der Waals surface area (Å²) in [7, 11) is 0. The van der Waals surface area contributed by atoms with Gasteiger partial charge < -0.3 is 10.1 Å². The highest BCUT2D eigenvalue weighted by atomic mass is 16.3. The van der Waals surface area contributed by atoms with Crippen molar-refractivity contribution in [3.8, 4) is 0 Å². The van der Waals surface area contributed by atoms with E-state index in [1.165, 1.54) is 0 Å². The van der Waals surface area contributed by atoms with Crippen molar-refractivity contribution < 1.29 is 5.11 Å². The van der Waals surface area contributed by atoms with E-state index in [-0.39, 0.29) is 0 Å². The maximum absolute atomic E-state index is 9.86. The van der Waals surface area contributed by atoms with Crippen LogP contribution in [0.1, 0.15) is 30.0 Å². The van der Waals surface area contributed by atoms with Gasteiger partial charge in [-0.05, 0) is 37.6 Å². The molecule has 1 heterocycles. The second-order valence-corrected chi connectivity index (χ2v) is 3.84. The van der Waals surface area contributed by atoms with E-state index < -0.39 is 6.23 Å². The lowest BCUT2D eigenvalue weighted by Crippen LogP contribution is -2.19. The van der Waals surface area contributed by atoms with Gasteiger partial charge in [-0.25, -0.2) is 0 Å². The van der Waals surface area contributed by atoms with Gasteiger partial charge in [0.15, 0.2) is 0 Å². The van der Waals surface area contributed by atoms with Crippen molar-refractivity contribution in [3.05, 3.63) is 47.3 Å². The first kappa shape index (κ1) is 12.7. The van der Waals surface area contributed by atoms with E-state index in [0.29, 0.717) is 0 Å². The summed E-state index contributed by atoms with van der Waals surface area (Å²) in [4.78, 5) is 3.17. The molecule has 1 aromatic heterocycles. The SMILES string of the molecule is CCNC(O)c1ccc(C)c[nH]c(C)cc1. The van der Waals surface area contributed by atoms with E-state index in [0.717, 1.165) is 23.4 Å². The molecule has 88 valence electrons. The minimum absolute atomic E-state index is 0.615. The Hall–Kier alpha value is -1.32. The van der Waals surface area contributed by atoms with Gasteiger partial charge in [-0.15, -0.1) is 0 Å². The molecule has 1 unspecified atom stereocenters. The summed E-state index contributed by atoms with van der Waals surface area (Å²) in [5.41, 5.74) is 3.02. The summed E-state index contributed by atoms with van der Waals surface area (Å²) < 4.78 is 0. The van der Waals surface area contributed by atoms with Crippen LogP contribution in [-0.4, -0.2) is 16.6 Å². The summed E-state index contributed by atoms with van der Waals surface area (Å²) in [6.45, 7) is 6.71. The van der Waals surface area contributed by atoms with Gasteiger partial charge in [-0.3, -0.25) is 5.32 Å². The number of aromatic nitrogens is 1. The average Bonchev–Trinajstić information content (AvgIpc) is 2.33. The number of aromatic amines is 1. The van der Waals surface area contributed by atoms with Gasteiger partial charge in [0.2, 0.25) is 0 Å². The number of nitrogens with one attached hydrogen (secondary N) is 2. The third kappa shape index (κ3) is 4.04. The number of hydrogen-bond donors (Lipinski definition) is 3. The summed E-state index contributed by atoms with van der Waals surface area (Å²) >= 11 is 0. The van der Waals surface area contributed by atoms with Gasteiger partial charge in [0.25, 0.3) is 0 Å². The van der Waals surface area contributed by atoms with Crippen LogP contribution in [0, 0.1) is 13.8 Å². The fourth-order valence-corrected chi connectivity index (χ4v) is 1.32. The molecule has 0 aliphatic heterocycles. The molecule has 3 N–H and O–H groups in total. The highest BCUT2D eigenvalue weighted by Crippen LogP contribution is 2.07. The lowest BCUT2D eigenvalue weighted by atomic mass is 10.2. The quantitative estimate of drug-likeness (QED) is 0.685. The van der Waals surface area contributed by atoms with Gasteiger partial charge in [0.05, 0.1) is 0 Å². The largest absolute Gasteiger partial charge is 0.374 e. The molecule has 3 nitrogen and oxygen atoms in total. The van der Waals surface area contributed by atoms with Crippen LogP contribution in [0.15, 0.2) is 30.5 Å². The molecule has 0 aliphatic rings. The topological polar surface area (TPSA) is 48.0 Å². The second kappa shape index (κ2) is 6.30. The number of aliphatic hydroxyl groups is 1. The molecular formula is C13H20N2O. The minimum atomic E-state index is -0.615. The fraction of sp³-hybridized carbons (Fsp3) is 0.385. The molecule has 0 radical (unpaired) electrons. The monoisotopic (exact) mass is 220 g/mol. The maximum atomic E-state index is 9.86. The molecular weight excluding hydrogens is 200 g/mol. The molecule has 16 heavy (non-hydrogen) atoms. The Morgan fingerprint density at radius 2 is 1.94 bits per heavy atom. The van der Waals surface area contributed by atoms with E-state index in [2.05, 4.69) is 10.3 Å². The first-order valence-electron chi connectivity index (χ1n) is 5.54. The van der Waals surface area contributed by atoms with E-state index in [4.69, 9.17) is 0 Å². The number of H-pyrrole nitrogens is 1. The van der Waals surface area contributed by atoms with Crippen molar-refractivity contribution in [1.29, 1.82) is 0 Å². The molecule has 0 saturated carbocycles. The molecule has 0 bridgehead atoms. The minimum Gasteiger partial charge on any atom is -0.374 e. The smallest absolute Gasteiger partial charge is 0.131 e. The fourth-order valence-electron chi connectivity index (χ4n) is 1.32. The lowest BCUT2D eigenvalue weighted by molar-refractivity contribution is 0.142. The van der Waals surface area contributed by atoms with Crippen molar-refractivity contribution >= 4 is 0 Å². The zero-order valence-electron chi connectivity index (χ0n) is 10.1. The Morgan fingerprint density at radius 3 is 2.62 bits per heavy atom. The standard InChI is InChI=1S/C13H20N2O/c1-4-14-13(16)12-7-5-10(2)9-15-11(3)6-8-12/h5-9,13-16H,4H2,1-3H3. The highest BCUT2D eigenvalue weighted by Gasteiger charge is 2.02. The van der Waals surface area contributed by atoms with Crippen LogP contribution in [0.3, 0.4) is 0 Å². The van der Waals surface area contributed by atoms with E-state index >= 15 is 0 Å². The molecule has 3 heteroatoms. The Balaban J connectivity index is 3.15. The number of hydrogen-bond acceptors (Lipinski definition) is 2. The normalized spacial score (nSPS) is 12.0. The zero-order chi connectivity index (χ0) is 12.0. The zero-order valence-corrected chi connectivity index (χ0v) is 10.1. The first-order valence-corrected chi connectivity index (χ1v) is 5.54. The van der Waals surface area contributed by atoms with Crippen molar-refractivity contribution in [1.82, 2.24) is 10.3 Å². The molecule has 0 saturated heterocycles. The van der Waals surface area contributed by atoms with Crippen molar-refractivity contribution in [2.75, 3.05) is 6.54 Å². The lowest BCUT2D eigenvalue weighted by Gasteiger charge is -2.09. The van der Waals surface area contributed by atoms with Crippen LogP contribution in [0.25, 0.3) is 0 Å². The van der Waals surface area contributed by atoms with Gasteiger partial charge >= 0.3 is 0 Å². The molecule has 0 spiro atoms. The molecule has 1 aromatic rings. The van der Waals surface area contributed by atoms with Gasteiger partial charge in [-0.1, -0.05) is 25.1 Å². The summed E-state index contributed by atoms with van der Waals surface area (Å²) in [5.74, 6) is 0. The van der Waals surface area contributed by atoms with Crippen LogP contribution in [0.2, 0.25) is 0 Å². The van der Waals surface area contributed by atoms with Crippen LogP contribution in [0.5, 0.6) is 0 Å². The van der Waals surface area contributed by atoms with Crippen molar-refractivity contribution in [3.63, 3.8) is 0 Å². The number of aliphatic hydroxyl groups excluding tert-OH is 1. The van der Waals surface area contributed by atoms with E-state index in [1.807, 2.05) is 51.2 Å². The summed E-state index contributed by atoms with van der Waals surface area (Å²) in [5, 5.41) is 12.8. The van der Waals surface area contributed by atoms with Crippen molar-refractivity contribution in [2.24, 2.45) is 0 Å². The van der Waals surface area contributed by atoms with Crippen molar-refractivity contribution in [2.45, 2.75) is 27.0 Å². The summed E-state index contributed by atoms with van der Waals surface area (Å²) in [6, 6.07) is 7.77. The summed E-state index contributed by atoms with van der Waals surface area (Å²) in [6.07, 6.45) is 1.33. The van der Waals surface area contributed by atoms with Crippen LogP contribution >= 0.6 is 0 Å². The number of aryl methyl sites for hydroxylation is 2. The Morgan fingerprint density at radius 1 is 1.25 bits per heavy atom. The van der Waals surface area contributed by atoms with Crippen LogP contribution < -0.4 is 5.32 Å².